The molecule has 0 spiro atoms. The molecule has 2 heterocycles. The van der Waals surface area contributed by atoms with Crippen LogP contribution in [0.2, 0.25) is 0 Å². The monoisotopic (exact) mass is 318 g/mol. The molecule has 0 unspecified atom stereocenters. The first-order valence-electron chi connectivity index (χ1n) is 7.85. The Labute approximate surface area is 136 Å². The summed E-state index contributed by atoms with van der Waals surface area (Å²) < 4.78 is 1.83. The van der Waals surface area contributed by atoms with E-state index < -0.39 is 0 Å². The highest BCUT2D eigenvalue weighted by Crippen LogP contribution is 2.27. The number of hydrogen-bond donors (Lipinski definition) is 1. The number of carbonyl (C=O) groups is 1. The molecule has 118 valence electrons. The maximum atomic E-state index is 12.7. The van der Waals surface area contributed by atoms with Crippen LogP contribution in [-0.4, -0.2) is 31.7 Å². The Kier molecular flexibility index (Phi) is 4.04. The van der Waals surface area contributed by atoms with Crippen LogP contribution >= 0.6 is 12.2 Å². The van der Waals surface area contributed by atoms with Crippen molar-refractivity contribution < 1.29 is 4.79 Å². The normalized spacial score (nSPS) is 21.8. The van der Waals surface area contributed by atoms with Crippen molar-refractivity contribution in [2.75, 3.05) is 0 Å². The second kappa shape index (κ2) is 5.83. The largest absolute Gasteiger partial charge is 0.328 e. The van der Waals surface area contributed by atoms with Crippen LogP contribution < -0.4 is 5.32 Å². The van der Waals surface area contributed by atoms with E-state index in [0.29, 0.717) is 10.8 Å². The maximum Gasteiger partial charge on any atom is 0.276 e. The van der Waals surface area contributed by atoms with Gasteiger partial charge in [-0.25, -0.2) is 0 Å². The highest BCUT2D eigenvalue weighted by Gasteiger charge is 2.36. The van der Waals surface area contributed by atoms with Gasteiger partial charge in [0.25, 0.3) is 5.91 Å². The molecular weight excluding hydrogens is 296 g/mol. The van der Waals surface area contributed by atoms with E-state index in [4.69, 9.17) is 12.2 Å². The van der Waals surface area contributed by atoms with Gasteiger partial charge in [0.2, 0.25) is 0 Å². The van der Waals surface area contributed by atoms with Crippen LogP contribution in [0.3, 0.4) is 0 Å². The average Bonchev–Trinajstić information content (AvgIpc) is 2.91. The Bertz CT molecular complexity index is 655. The van der Waals surface area contributed by atoms with Gasteiger partial charge >= 0.3 is 0 Å². The molecule has 1 aromatic rings. The number of aromatic nitrogens is 2. The van der Waals surface area contributed by atoms with Crippen molar-refractivity contribution in [2.24, 2.45) is 7.05 Å². The van der Waals surface area contributed by atoms with E-state index in [9.17, 15) is 4.79 Å². The fourth-order valence-corrected chi connectivity index (χ4v) is 3.70. The van der Waals surface area contributed by atoms with Gasteiger partial charge in [-0.15, -0.1) is 0 Å². The van der Waals surface area contributed by atoms with E-state index in [2.05, 4.69) is 10.4 Å². The lowest BCUT2D eigenvalue weighted by Gasteiger charge is -2.29. The van der Waals surface area contributed by atoms with Gasteiger partial charge in [-0.3, -0.25) is 14.4 Å². The number of carbonyl (C=O) groups excluding carboxylic acids is 1. The summed E-state index contributed by atoms with van der Waals surface area (Å²) >= 11 is 5.39. The van der Waals surface area contributed by atoms with E-state index in [1.807, 2.05) is 31.7 Å². The van der Waals surface area contributed by atoms with Gasteiger partial charge in [0.05, 0.1) is 5.69 Å². The smallest absolute Gasteiger partial charge is 0.276 e. The first-order chi connectivity index (χ1) is 10.5. The van der Waals surface area contributed by atoms with Crippen molar-refractivity contribution in [2.45, 2.75) is 52.0 Å². The Morgan fingerprint density at radius 3 is 2.55 bits per heavy atom. The molecule has 1 amide bonds. The van der Waals surface area contributed by atoms with Crippen LogP contribution in [0.15, 0.2) is 5.70 Å². The Morgan fingerprint density at radius 1 is 1.27 bits per heavy atom. The summed E-state index contributed by atoms with van der Waals surface area (Å²) in [4.78, 5) is 14.5. The van der Waals surface area contributed by atoms with Crippen molar-refractivity contribution >= 4 is 29.3 Å². The van der Waals surface area contributed by atoms with Gasteiger partial charge in [0, 0.05) is 24.3 Å². The summed E-state index contributed by atoms with van der Waals surface area (Å²) in [5.74, 6) is -0.000414. The molecule has 1 aliphatic heterocycles. The predicted octanol–water partition coefficient (Wildman–Crippen LogP) is 2.43. The fraction of sp³-hybridized carbons (Fsp3) is 0.562. The van der Waals surface area contributed by atoms with Crippen LogP contribution in [0.4, 0.5) is 0 Å². The Morgan fingerprint density at radius 2 is 1.95 bits per heavy atom. The highest BCUT2D eigenvalue weighted by atomic mass is 32.1. The molecular formula is C16H22N4OS. The lowest BCUT2D eigenvalue weighted by molar-refractivity contribution is -0.124. The summed E-state index contributed by atoms with van der Waals surface area (Å²) in [6.45, 7) is 3.96. The zero-order chi connectivity index (χ0) is 15.9. The summed E-state index contributed by atoms with van der Waals surface area (Å²) in [5, 5.41) is 8.03. The Balaban J connectivity index is 1.88. The minimum absolute atomic E-state index is 0.000414. The molecule has 2 fully saturated rings. The van der Waals surface area contributed by atoms with Gasteiger partial charge < -0.3 is 5.32 Å². The third kappa shape index (κ3) is 2.56. The zero-order valence-electron chi connectivity index (χ0n) is 13.3. The lowest BCUT2D eigenvalue weighted by Crippen LogP contribution is -2.41. The standard InChI is InChI=1S/C16H22N4OS/c1-10-13(11(2)19(3)18-10)9-14-15(21)20(16(22)17-14)12-7-5-4-6-8-12/h9,12H,4-8H2,1-3H3,(H,17,22)/b14-9+. The molecule has 0 bridgehead atoms. The molecule has 1 saturated carbocycles. The first kappa shape index (κ1) is 15.2. The molecule has 0 atom stereocenters. The number of thiocarbonyl (C=S) groups is 1. The molecule has 0 aromatic carbocycles. The SMILES string of the molecule is Cc1nn(C)c(C)c1/C=C1/NC(=S)N(C2CCCCC2)C1=O. The second-order valence-electron chi connectivity index (χ2n) is 6.16. The molecule has 1 aromatic heterocycles. The van der Waals surface area contributed by atoms with E-state index >= 15 is 0 Å². The van der Waals surface area contributed by atoms with Gasteiger partial charge in [-0.05, 0) is 45.0 Å². The van der Waals surface area contributed by atoms with Crippen molar-refractivity contribution in [1.82, 2.24) is 20.0 Å². The van der Waals surface area contributed by atoms with Crippen molar-refractivity contribution in [3.05, 3.63) is 22.6 Å². The number of hydrogen-bond acceptors (Lipinski definition) is 3. The summed E-state index contributed by atoms with van der Waals surface area (Å²) in [6.07, 6.45) is 7.59. The number of amides is 1. The quantitative estimate of drug-likeness (QED) is 0.672. The molecule has 3 rings (SSSR count). The van der Waals surface area contributed by atoms with Gasteiger partial charge in [-0.1, -0.05) is 19.3 Å². The molecule has 1 N–H and O–H groups in total. The summed E-state index contributed by atoms with van der Waals surface area (Å²) in [6, 6.07) is 0.253. The summed E-state index contributed by atoms with van der Waals surface area (Å²) in [7, 11) is 1.91. The molecule has 1 aliphatic carbocycles. The lowest BCUT2D eigenvalue weighted by atomic mass is 9.94. The van der Waals surface area contributed by atoms with Crippen molar-refractivity contribution in [3.63, 3.8) is 0 Å². The highest BCUT2D eigenvalue weighted by molar-refractivity contribution is 7.80. The molecule has 5 nitrogen and oxygen atoms in total. The number of nitrogens with zero attached hydrogens (tertiary/aromatic N) is 3. The van der Waals surface area contributed by atoms with E-state index in [0.717, 1.165) is 29.8 Å². The number of rotatable bonds is 2. The Hall–Kier alpha value is -1.69. The molecule has 22 heavy (non-hydrogen) atoms. The zero-order valence-corrected chi connectivity index (χ0v) is 14.2. The van der Waals surface area contributed by atoms with Crippen LogP contribution in [0.1, 0.15) is 49.1 Å². The van der Waals surface area contributed by atoms with Crippen molar-refractivity contribution in [3.8, 4) is 0 Å². The third-order valence-electron chi connectivity index (χ3n) is 4.70. The van der Waals surface area contributed by atoms with Crippen LogP contribution in [-0.2, 0) is 11.8 Å². The number of nitrogens with one attached hydrogen (secondary N) is 1. The van der Waals surface area contributed by atoms with Crippen LogP contribution in [0, 0.1) is 13.8 Å². The van der Waals surface area contributed by atoms with Gasteiger partial charge in [-0.2, -0.15) is 5.10 Å². The van der Waals surface area contributed by atoms with Crippen molar-refractivity contribution in [1.29, 1.82) is 0 Å². The molecule has 1 saturated heterocycles. The summed E-state index contributed by atoms with van der Waals surface area (Å²) in [5.41, 5.74) is 3.52. The maximum absolute atomic E-state index is 12.7. The number of aryl methyl sites for hydroxylation is 2. The van der Waals surface area contributed by atoms with Crippen LogP contribution in [0.5, 0.6) is 0 Å². The minimum atomic E-state index is -0.000414. The van der Waals surface area contributed by atoms with E-state index in [-0.39, 0.29) is 11.9 Å². The first-order valence-corrected chi connectivity index (χ1v) is 8.26. The van der Waals surface area contributed by atoms with Crippen LogP contribution in [0.25, 0.3) is 6.08 Å². The molecule has 6 heteroatoms. The topological polar surface area (TPSA) is 50.2 Å². The fourth-order valence-electron chi connectivity index (χ4n) is 3.36. The predicted molar refractivity (Wildman–Crippen MR) is 90.1 cm³/mol. The molecule has 2 aliphatic rings. The molecule has 0 radical (unpaired) electrons. The average molecular weight is 318 g/mol. The van der Waals surface area contributed by atoms with E-state index in [1.165, 1.54) is 19.3 Å². The van der Waals surface area contributed by atoms with E-state index in [1.54, 1.807) is 4.90 Å². The minimum Gasteiger partial charge on any atom is -0.328 e. The van der Waals surface area contributed by atoms with Gasteiger partial charge in [0.15, 0.2) is 5.11 Å². The van der Waals surface area contributed by atoms with Gasteiger partial charge in [0.1, 0.15) is 5.70 Å². The third-order valence-corrected chi connectivity index (χ3v) is 5.00. The second-order valence-corrected chi connectivity index (χ2v) is 6.55.